The topological polar surface area (TPSA) is 49.9 Å². The van der Waals surface area contributed by atoms with Gasteiger partial charge in [-0.05, 0) is 31.4 Å². The largest absolute Gasteiger partial charge is 0.484 e. The standard InChI is InChI=1S/C19H26N2O3/c1-15-6-2-5-9-17(15)24-14-18(22)20-10-12-21(13-11-20)19(23)16-7-3-4-8-16/h2,5-6,9,16H,3-4,7-8,10-14H2,1H3. The second-order valence-electron chi connectivity index (χ2n) is 6.74. The lowest BCUT2D eigenvalue weighted by molar-refractivity contribution is -0.142. The third-order valence-electron chi connectivity index (χ3n) is 5.09. The number of hydrogen-bond donors (Lipinski definition) is 0. The Balaban J connectivity index is 1.45. The van der Waals surface area contributed by atoms with Gasteiger partial charge in [-0.3, -0.25) is 9.59 Å². The molecule has 0 bridgehead atoms. The van der Waals surface area contributed by atoms with Gasteiger partial charge in [-0.25, -0.2) is 0 Å². The van der Waals surface area contributed by atoms with Crippen LogP contribution in [0.3, 0.4) is 0 Å². The van der Waals surface area contributed by atoms with Crippen molar-refractivity contribution in [3.05, 3.63) is 29.8 Å². The lowest BCUT2D eigenvalue weighted by Crippen LogP contribution is -2.52. The van der Waals surface area contributed by atoms with Crippen molar-refractivity contribution in [3.8, 4) is 5.75 Å². The maximum Gasteiger partial charge on any atom is 0.260 e. The molecule has 0 spiro atoms. The quantitative estimate of drug-likeness (QED) is 0.851. The van der Waals surface area contributed by atoms with Gasteiger partial charge in [-0.2, -0.15) is 0 Å². The number of carbonyl (C=O) groups is 2. The monoisotopic (exact) mass is 330 g/mol. The summed E-state index contributed by atoms with van der Waals surface area (Å²) in [7, 11) is 0. The fourth-order valence-electron chi connectivity index (χ4n) is 3.56. The fraction of sp³-hybridized carbons (Fsp3) is 0.579. The lowest BCUT2D eigenvalue weighted by atomic mass is 10.1. The van der Waals surface area contributed by atoms with Gasteiger partial charge in [0.15, 0.2) is 6.61 Å². The van der Waals surface area contributed by atoms with E-state index in [1.807, 2.05) is 36.1 Å². The van der Waals surface area contributed by atoms with Gasteiger partial charge in [0.05, 0.1) is 0 Å². The molecule has 1 saturated heterocycles. The SMILES string of the molecule is Cc1ccccc1OCC(=O)N1CCN(C(=O)C2CCCC2)CC1. The number of aryl methyl sites for hydroxylation is 1. The highest BCUT2D eigenvalue weighted by atomic mass is 16.5. The number of rotatable bonds is 4. The van der Waals surface area contributed by atoms with E-state index >= 15 is 0 Å². The molecule has 130 valence electrons. The lowest BCUT2D eigenvalue weighted by Gasteiger charge is -2.36. The van der Waals surface area contributed by atoms with E-state index in [1.54, 1.807) is 4.90 Å². The average molecular weight is 330 g/mol. The van der Waals surface area contributed by atoms with Crippen molar-refractivity contribution in [2.24, 2.45) is 5.92 Å². The zero-order chi connectivity index (χ0) is 16.9. The van der Waals surface area contributed by atoms with Gasteiger partial charge in [-0.1, -0.05) is 31.0 Å². The molecule has 1 saturated carbocycles. The van der Waals surface area contributed by atoms with E-state index in [9.17, 15) is 9.59 Å². The molecule has 3 rings (SSSR count). The predicted molar refractivity (Wildman–Crippen MR) is 91.8 cm³/mol. The molecule has 1 aromatic carbocycles. The smallest absolute Gasteiger partial charge is 0.260 e. The first kappa shape index (κ1) is 16.8. The average Bonchev–Trinajstić information content (AvgIpc) is 3.15. The maximum absolute atomic E-state index is 12.4. The molecule has 0 N–H and O–H groups in total. The first-order valence-electron chi connectivity index (χ1n) is 8.90. The fourth-order valence-corrected chi connectivity index (χ4v) is 3.56. The van der Waals surface area contributed by atoms with Gasteiger partial charge in [0.25, 0.3) is 5.91 Å². The van der Waals surface area contributed by atoms with Crippen molar-refractivity contribution < 1.29 is 14.3 Å². The molecule has 0 atom stereocenters. The summed E-state index contributed by atoms with van der Waals surface area (Å²) in [6.07, 6.45) is 4.40. The Morgan fingerprint density at radius 2 is 1.67 bits per heavy atom. The molecule has 24 heavy (non-hydrogen) atoms. The van der Waals surface area contributed by atoms with E-state index in [2.05, 4.69) is 0 Å². The van der Waals surface area contributed by atoms with Crippen LogP contribution in [0.25, 0.3) is 0 Å². The minimum Gasteiger partial charge on any atom is -0.484 e. The summed E-state index contributed by atoms with van der Waals surface area (Å²) >= 11 is 0. The van der Waals surface area contributed by atoms with Gasteiger partial charge in [0.1, 0.15) is 5.75 Å². The van der Waals surface area contributed by atoms with Gasteiger partial charge in [0, 0.05) is 32.1 Å². The summed E-state index contributed by atoms with van der Waals surface area (Å²) in [6, 6.07) is 7.69. The van der Waals surface area contributed by atoms with E-state index in [0.717, 1.165) is 24.2 Å². The molecule has 2 amide bonds. The second-order valence-corrected chi connectivity index (χ2v) is 6.74. The van der Waals surface area contributed by atoms with Crippen molar-refractivity contribution in [2.75, 3.05) is 32.8 Å². The van der Waals surface area contributed by atoms with Crippen molar-refractivity contribution in [1.29, 1.82) is 0 Å². The van der Waals surface area contributed by atoms with Crippen molar-refractivity contribution in [2.45, 2.75) is 32.6 Å². The van der Waals surface area contributed by atoms with Crippen LogP contribution >= 0.6 is 0 Å². The number of benzene rings is 1. The zero-order valence-electron chi connectivity index (χ0n) is 14.4. The number of hydrogen-bond acceptors (Lipinski definition) is 3. The van der Waals surface area contributed by atoms with E-state index in [1.165, 1.54) is 12.8 Å². The van der Waals surface area contributed by atoms with E-state index in [0.29, 0.717) is 26.2 Å². The molecule has 1 aromatic rings. The molecule has 1 heterocycles. The summed E-state index contributed by atoms with van der Waals surface area (Å²) in [4.78, 5) is 28.5. The maximum atomic E-state index is 12.4. The van der Waals surface area contributed by atoms with Crippen LogP contribution in [0.2, 0.25) is 0 Å². The van der Waals surface area contributed by atoms with Crippen LogP contribution in [-0.4, -0.2) is 54.4 Å². The molecule has 0 unspecified atom stereocenters. The van der Waals surface area contributed by atoms with Gasteiger partial charge in [0.2, 0.25) is 5.91 Å². The summed E-state index contributed by atoms with van der Waals surface area (Å²) in [6.45, 7) is 4.52. The first-order valence-corrected chi connectivity index (χ1v) is 8.90. The number of amides is 2. The van der Waals surface area contributed by atoms with Crippen LogP contribution in [0.15, 0.2) is 24.3 Å². The molecular formula is C19H26N2O3. The van der Waals surface area contributed by atoms with Gasteiger partial charge in [-0.15, -0.1) is 0 Å². The Hall–Kier alpha value is -2.04. The van der Waals surface area contributed by atoms with Crippen LogP contribution in [-0.2, 0) is 9.59 Å². The minimum absolute atomic E-state index is 0.00813. The molecule has 5 heteroatoms. The third kappa shape index (κ3) is 3.89. The van der Waals surface area contributed by atoms with E-state index in [4.69, 9.17) is 4.74 Å². The number of ether oxygens (including phenoxy) is 1. The highest BCUT2D eigenvalue weighted by Gasteiger charge is 2.30. The minimum atomic E-state index is -0.00813. The van der Waals surface area contributed by atoms with Crippen LogP contribution in [0.1, 0.15) is 31.2 Å². The van der Waals surface area contributed by atoms with E-state index < -0.39 is 0 Å². The summed E-state index contributed by atoms with van der Waals surface area (Å²) in [5, 5.41) is 0. The Morgan fingerprint density at radius 3 is 2.33 bits per heavy atom. The summed E-state index contributed by atoms with van der Waals surface area (Å²) in [5.41, 5.74) is 1.03. The normalized spacial score (nSPS) is 18.7. The van der Waals surface area contributed by atoms with Crippen molar-refractivity contribution in [3.63, 3.8) is 0 Å². The Bertz CT molecular complexity index is 588. The molecule has 2 aliphatic rings. The van der Waals surface area contributed by atoms with Crippen LogP contribution in [0.4, 0.5) is 0 Å². The molecule has 0 radical (unpaired) electrons. The summed E-state index contributed by atoms with van der Waals surface area (Å²) < 4.78 is 5.64. The Morgan fingerprint density at radius 1 is 1.04 bits per heavy atom. The Kier molecular flexibility index (Phi) is 5.38. The van der Waals surface area contributed by atoms with E-state index in [-0.39, 0.29) is 24.3 Å². The highest BCUT2D eigenvalue weighted by Crippen LogP contribution is 2.27. The van der Waals surface area contributed by atoms with Crippen molar-refractivity contribution in [1.82, 2.24) is 9.80 Å². The number of carbonyl (C=O) groups excluding carboxylic acids is 2. The molecule has 1 aliphatic heterocycles. The second kappa shape index (κ2) is 7.69. The third-order valence-corrected chi connectivity index (χ3v) is 5.09. The van der Waals surface area contributed by atoms with Crippen molar-refractivity contribution >= 4 is 11.8 Å². The number of para-hydroxylation sites is 1. The number of nitrogens with zero attached hydrogens (tertiary/aromatic N) is 2. The molecule has 1 aliphatic carbocycles. The number of piperazine rings is 1. The molecule has 0 aromatic heterocycles. The summed E-state index contributed by atoms with van der Waals surface area (Å²) in [5.74, 6) is 1.25. The molecule has 2 fully saturated rings. The van der Waals surface area contributed by atoms with Crippen LogP contribution in [0, 0.1) is 12.8 Å². The highest BCUT2D eigenvalue weighted by molar-refractivity contribution is 5.80. The molecular weight excluding hydrogens is 304 g/mol. The predicted octanol–water partition coefficient (Wildman–Crippen LogP) is 2.23. The molecule has 5 nitrogen and oxygen atoms in total. The first-order chi connectivity index (χ1) is 11.6. The van der Waals surface area contributed by atoms with Crippen LogP contribution in [0.5, 0.6) is 5.75 Å². The Labute approximate surface area is 143 Å². The van der Waals surface area contributed by atoms with Crippen LogP contribution < -0.4 is 4.74 Å². The zero-order valence-corrected chi connectivity index (χ0v) is 14.4. The van der Waals surface area contributed by atoms with Gasteiger partial charge >= 0.3 is 0 Å². The van der Waals surface area contributed by atoms with Gasteiger partial charge < -0.3 is 14.5 Å².